The van der Waals surface area contributed by atoms with Gasteiger partial charge in [0.25, 0.3) is 0 Å². The highest BCUT2D eigenvalue weighted by Crippen LogP contribution is 2.14. The van der Waals surface area contributed by atoms with E-state index in [1.165, 1.54) is 12.1 Å². The molecule has 0 aliphatic rings. The zero-order valence-corrected chi connectivity index (χ0v) is 10.4. The van der Waals surface area contributed by atoms with Crippen molar-refractivity contribution in [3.05, 3.63) is 65.2 Å². The molecule has 0 saturated carbocycles. The number of hydrogen-bond donors (Lipinski definition) is 2. The molecule has 0 atom stereocenters. The van der Waals surface area contributed by atoms with E-state index in [4.69, 9.17) is 0 Å². The van der Waals surface area contributed by atoms with Crippen LogP contribution in [0.4, 0.5) is 8.78 Å². The van der Waals surface area contributed by atoms with Crippen molar-refractivity contribution >= 4 is 0 Å². The maximum absolute atomic E-state index is 13.0. The molecule has 4 heteroatoms. The molecule has 2 aromatic carbocycles. The van der Waals surface area contributed by atoms with Crippen molar-refractivity contribution in [1.29, 1.82) is 0 Å². The first kappa shape index (κ1) is 13.5. The first-order valence-electron chi connectivity index (χ1n) is 6.08. The first-order chi connectivity index (χ1) is 9.15. The van der Waals surface area contributed by atoms with E-state index in [9.17, 15) is 13.9 Å². The van der Waals surface area contributed by atoms with Gasteiger partial charge in [0.15, 0.2) is 0 Å². The molecule has 2 aromatic rings. The van der Waals surface area contributed by atoms with Crippen molar-refractivity contribution in [2.75, 3.05) is 6.54 Å². The molecule has 0 aromatic heterocycles. The van der Waals surface area contributed by atoms with Crippen LogP contribution < -0.4 is 5.32 Å². The smallest absolute Gasteiger partial charge is 0.126 e. The average Bonchev–Trinajstić information content (AvgIpc) is 2.35. The van der Waals surface area contributed by atoms with E-state index < -0.39 is 11.6 Å². The van der Waals surface area contributed by atoms with Gasteiger partial charge in [-0.2, -0.15) is 0 Å². The van der Waals surface area contributed by atoms with Crippen molar-refractivity contribution in [3.8, 4) is 5.75 Å². The SMILES string of the molecule is Oc1ccccc1CNCCc1cc(F)cc(F)c1. The second-order valence-electron chi connectivity index (χ2n) is 4.33. The summed E-state index contributed by atoms with van der Waals surface area (Å²) in [6.07, 6.45) is 0.530. The molecular weight excluding hydrogens is 248 g/mol. The fourth-order valence-corrected chi connectivity index (χ4v) is 1.87. The van der Waals surface area contributed by atoms with E-state index in [0.29, 0.717) is 25.1 Å². The molecule has 0 spiro atoms. The summed E-state index contributed by atoms with van der Waals surface area (Å²) in [5.74, 6) is -0.877. The minimum atomic E-state index is -0.560. The lowest BCUT2D eigenvalue weighted by molar-refractivity contribution is 0.464. The maximum atomic E-state index is 13.0. The third kappa shape index (κ3) is 4.03. The summed E-state index contributed by atoms with van der Waals surface area (Å²) < 4.78 is 25.9. The zero-order chi connectivity index (χ0) is 13.7. The second-order valence-corrected chi connectivity index (χ2v) is 4.33. The van der Waals surface area contributed by atoms with Crippen LogP contribution in [0.5, 0.6) is 5.75 Å². The van der Waals surface area contributed by atoms with Crippen LogP contribution in [0, 0.1) is 11.6 Å². The molecule has 2 rings (SSSR count). The number of aromatic hydroxyl groups is 1. The summed E-state index contributed by atoms with van der Waals surface area (Å²) in [6, 6.07) is 10.6. The van der Waals surface area contributed by atoms with Gasteiger partial charge in [-0.1, -0.05) is 18.2 Å². The van der Waals surface area contributed by atoms with Crippen LogP contribution in [0.15, 0.2) is 42.5 Å². The molecule has 0 radical (unpaired) electrons. The van der Waals surface area contributed by atoms with Crippen molar-refractivity contribution < 1.29 is 13.9 Å². The minimum absolute atomic E-state index is 0.242. The number of halogens is 2. The van der Waals surface area contributed by atoms with Gasteiger partial charge in [0, 0.05) is 18.2 Å². The molecule has 0 aliphatic carbocycles. The lowest BCUT2D eigenvalue weighted by Gasteiger charge is -2.07. The van der Waals surface area contributed by atoms with E-state index in [-0.39, 0.29) is 5.75 Å². The van der Waals surface area contributed by atoms with E-state index in [1.54, 1.807) is 12.1 Å². The number of nitrogens with one attached hydrogen (secondary N) is 1. The Morgan fingerprint density at radius 1 is 1.00 bits per heavy atom. The predicted octanol–water partition coefficient (Wildman–Crippen LogP) is 3.00. The van der Waals surface area contributed by atoms with E-state index >= 15 is 0 Å². The predicted molar refractivity (Wildman–Crippen MR) is 69.9 cm³/mol. The number of para-hydroxylation sites is 1. The van der Waals surface area contributed by atoms with Crippen molar-refractivity contribution in [1.82, 2.24) is 5.32 Å². The Labute approximate surface area is 110 Å². The van der Waals surface area contributed by atoms with Gasteiger partial charge in [0.05, 0.1) is 0 Å². The highest BCUT2D eigenvalue weighted by Gasteiger charge is 2.01. The molecule has 0 heterocycles. The highest BCUT2D eigenvalue weighted by atomic mass is 19.1. The normalized spacial score (nSPS) is 10.6. The zero-order valence-electron chi connectivity index (χ0n) is 10.4. The quantitative estimate of drug-likeness (QED) is 0.813. The third-order valence-electron chi connectivity index (χ3n) is 2.82. The molecule has 0 aliphatic heterocycles. The lowest BCUT2D eigenvalue weighted by Crippen LogP contribution is -2.16. The largest absolute Gasteiger partial charge is 0.508 e. The van der Waals surface area contributed by atoms with Crippen LogP contribution in [0.3, 0.4) is 0 Å². The molecule has 2 nitrogen and oxygen atoms in total. The van der Waals surface area contributed by atoms with Crippen LogP contribution >= 0.6 is 0 Å². The van der Waals surface area contributed by atoms with Gasteiger partial charge in [-0.05, 0) is 36.7 Å². The van der Waals surface area contributed by atoms with Gasteiger partial charge < -0.3 is 10.4 Å². The maximum Gasteiger partial charge on any atom is 0.126 e. The molecule has 0 saturated heterocycles. The van der Waals surface area contributed by atoms with E-state index in [2.05, 4.69) is 5.32 Å². The molecule has 19 heavy (non-hydrogen) atoms. The minimum Gasteiger partial charge on any atom is -0.508 e. The number of benzene rings is 2. The molecule has 0 bridgehead atoms. The van der Waals surface area contributed by atoms with Crippen molar-refractivity contribution in [2.24, 2.45) is 0 Å². The standard InChI is InChI=1S/C15H15F2NO/c16-13-7-11(8-14(17)9-13)5-6-18-10-12-3-1-2-4-15(12)19/h1-4,7-9,18-19H,5-6,10H2. The summed E-state index contributed by atoms with van der Waals surface area (Å²) in [6.45, 7) is 1.10. The van der Waals surface area contributed by atoms with Gasteiger partial charge in [0.1, 0.15) is 17.4 Å². The molecule has 100 valence electrons. The number of hydrogen-bond acceptors (Lipinski definition) is 2. The van der Waals surface area contributed by atoms with Crippen LogP contribution in [0.2, 0.25) is 0 Å². The summed E-state index contributed by atoms with van der Waals surface area (Å²) in [5, 5.41) is 12.7. The van der Waals surface area contributed by atoms with Gasteiger partial charge >= 0.3 is 0 Å². The summed E-state index contributed by atoms with van der Waals surface area (Å²) in [7, 11) is 0. The second kappa shape index (κ2) is 6.29. The Hall–Kier alpha value is -1.94. The topological polar surface area (TPSA) is 32.3 Å². The molecule has 0 amide bonds. The fourth-order valence-electron chi connectivity index (χ4n) is 1.87. The van der Waals surface area contributed by atoms with Crippen molar-refractivity contribution in [2.45, 2.75) is 13.0 Å². The summed E-state index contributed by atoms with van der Waals surface area (Å²) in [4.78, 5) is 0. The fraction of sp³-hybridized carbons (Fsp3) is 0.200. The van der Waals surface area contributed by atoms with Crippen LogP contribution in [0.1, 0.15) is 11.1 Å². The number of phenols is 1. The monoisotopic (exact) mass is 263 g/mol. The van der Waals surface area contributed by atoms with E-state index in [0.717, 1.165) is 11.6 Å². The first-order valence-corrected chi connectivity index (χ1v) is 6.08. The number of rotatable bonds is 5. The van der Waals surface area contributed by atoms with E-state index in [1.807, 2.05) is 12.1 Å². The molecule has 2 N–H and O–H groups in total. The van der Waals surface area contributed by atoms with Crippen LogP contribution in [-0.2, 0) is 13.0 Å². The Morgan fingerprint density at radius 2 is 1.68 bits per heavy atom. The summed E-state index contributed by atoms with van der Waals surface area (Å²) >= 11 is 0. The third-order valence-corrected chi connectivity index (χ3v) is 2.82. The van der Waals surface area contributed by atoms with Crippen LogP contribution in [-0.4, -0.2) is 11.7 Å². The van der Waals surface area contributed by atoms with Gasteiger partial charge in [0.2, 0.25) is 0 Å². The highest BCUT2D eigenvalue weighted by molar-refractivity contribution is 5.31. The number of phenolic OH excluding ortho intramolecular Hbond substituents is 1. The summed E-state index contributed by atoms with van der Waals surface area (Å²) in [5.41, 5.74) is 1.41. The van der Waals surface area contributed by atoms with Gasteiger partial charge in [-0.3, -0.25) is 0 Å². The van der Waals surface area contributed by atoms with Gasteiger partial charge in [-0.15, -0.1) is 0 Å². The van der Waals surface area contributed by atoms with Gasteiger partial charge in [-0.25, -0.2) is 8.78 Å². The van der Waals surface area contributed by atoms with Crippen LogP contribution in [0.25, 0.3) is 0 Å². The Kier molecular flexibility index (Phi) is 4.47. The Morgan fingerprint density at radius 3 is 2.37 bits per heavy atom. The Bertz CT molecular complexity index is 537. The lowest BCUT2D eigenvalue weighted by atomic mass is 10.1. The molecular formula is C15H15F2NO. The van der Waals surface area contributed by atoms with Crippen molar-refractivity contribution in [3.63, 3.8) is 0 Å². The molecule has 0 fully saturated rings. The average molecular weight is 263 g/mol. The Balaban J connectivity index is 1.82. The molecule has 0 unspecified atom stereocenters.